The summed E-state index contributed by atoms with van der Waals surface area (Å²) in [6.45, 7) is 0. The molecule has 496 valence electrons. The van der Waals surface area contributed by atoms with Gasteiger partial charge in [-0.25, -0.2) is 29.9 Å². The molecule has 32 heteroatoms. The summed E-state index contributed by atoms with van der Waals surface area (Å²) in [5.74, 6) is 0. The van der Waals surface area contributed by atoms with E-state index >= 15 is 0 Å². The Bertz CT molecular complexity index is 5450. The number of aromatic nitrogens is 24. The summed E-state index contributed by atoms with van der Waals surface area (Å²) < 4.78 is 15.1. The molecular formula is C72H40N24S8. The quantitative estimate of drug-likeness (QED) is 0.136. The highest BCUT2D eigenvalue weighted by molar-refractivity contribution is 7.28. The van der Waals surface area contributed by atoms with E-state index in [4.69, 9.17) is 0 Å². The van der Waals surface area contributed by atoms with Crippen molar-refractivity contribution in [2.75, 3.05) is 0 Å². The third-order valence-corrected chi connectivity index (χ3v) is 24.0. The average Bonchev–Trinajstić information content (AvgIpc) is 1.73. The van der Waals surface area contributed by atoms with Crippen molar-refractivity contribution in [1.82, 2.24) is 121 Å². The lowest BCUT2D eigenvalue weighted by Gasteiger charge is -1.86. The Balaban J connectivity index is 0.0000000879. The van der Waals surface area contributed by atoms with E-state index in [0.29, 0.717) is 0 Å². The van der Waals surface area contributed by atoms with Gasteiger partial charge >= 0.3 is 0 Å². The SMILES string of the molecule is c1cc2sc3ccnnc3c2cn1.c1cc2sc3cnncc3c2cn1.c1cnc2c(c1)sc1ccnnc12.c1cnc2c(c1)sc1cncnc12.c1cnc2c(c1)sc1cnncc12.c1cnc2c(c1)sc1nccnc12.c1cnc2c(c1)sc1ncncc12.c1cnc2c(c1)sc1nnccc12. The molecule has 24 aromatic rings. The van der Waals surface area contributed by atoms with E-state index in [9.17, 15) is 0 Å². The van der Waals surface area contributed by atoms with Gasteiger partial charge in [0.1, 0.15) is 65.8 Å². The lowest BCUT2D eigenvalue weighted by molar-refractivity contribution is 1.05. The van der Waals surface area contributed by atoms with Gasteiger partial charge in [-0.05, 0) is 103 Å². The van der Waals surface area contributed by atoms with Crippen LogP contribution in [0.3, 0.4) is 0 Å². The molecule has 0 aliphatic rings. The number of nitrogens with zero attached hydrogens (tertiary/aromatic N) is 24. The number of thiophene rings is 8. The topological polar surface area (TPSA) is 309 Å². The molecule has 0 aliphatic heterocycles. The Kier molecular flexibility index (Phi) is 18.8. The molecule has 0 amide bonds. The van der Waals surface area contributed by atoms with Gasteiger partial charge < -0.3 is 0 Å². The van der Waals surface area contributed by atoms with E-state index in [0.717, 1.165) is 149 Å². The molecule has 0 aliphatic carbocycles. The van der Waals surface area contributed by atoms with Gasteiger partial charge in [-0.2, -0.15) is 35.7 Å². The lowest BCUT2D eigenvalue weighted by atomic mass is 10.2. The minimum atomic E-state index is 0.906. The summed E-state index contributed by atoms with van der Waals surface area (Å²) in [5, 5.41) is 45.8. The molecule has 0 bridgehead atoms. The maximum absolute atomic E-state index is 4.31. The van der Waals surface area contributed by atoms with Crippen molar-refractivity contribution in [3.8, 4) is 0 Å². The summed E-state index contributed by atoms with van der Waals surface area (Å²) in [6.07, 6.45) is 40.5. The van der Waals surface area contributed by atoms with Gasteiger partial charge in [0.15, 0.2) is 0 Å². The maximum Gasteiger partial charge on any atom is 0.148 e. The molecule has 0 radical (unpaired) electrons. The van der Waals surface area contributed by atoms with Crippen LogP contribution < -0.4 is 0 Å². The minimum absolute atomic E-state index is 0.906. The molecule has 24 rings (SSSR count). The van der Waals surface area contributed by atoms with Crippen LogP contribution in [0.5, 0.6) is 0 Å². The fourth-order valence-corrected chi connectivity index (χ4v) is 18.7. The van der Waals surface area contributed by atoms with E-state index < -0.39 is 0 Å². The molecule has 24 aromatic heterocycles. The van der Waals surface area contributed by atoms with E-state index in [1.165, 1.54) is 14.1 Å². The molecule has 0 aromatic carbocycles. The van der Waals surface area contributed by atoms with Crippen LogP contribution >= 0.6 is 90.7 Å². The summed E-state index contributed by atoms with van der Waals surface area (Å²) >= 11 is 13.4. The summed E-state index contributed by atoms with van der Waals surface area (Å²) in [4.78, 5) is 61.7. The van der Waals surface area contributed by atoms with Crippen molar-refractivity contribution in [2.45, 2.75) is 0 Å². The second-order valence-electron chi connectivity index (χ2n) is 21.6. The molecule has 24 nitrogen and oxygen atoms in total. The predicted octanol–water partition coefficient (Wildman–Crippen LogP) is 17.9. The maximum atomic E-state index is 4.31. The van der Waals surface area contributed by atoms with Crippen molar-refractivity contribution in [3.63, 3.8) is 0 Å². The van der Waals surface area contributed by atoms with Crippen LogP contribution in [0.2, 0.25) is 0 Å². The van der Waals surface area contributed by atoms with Gasteiger partial charge in [0.05, 0.1) is 117 Å². The molecule has 0 spiro atoms. The van der Waals surface area contributed by atoms with Crippen molar-refractivity contribution in [2.24, 2.45) is 0 Å². The smallest absolute Gasteiger partial charge is 0.148 e. The molecular weight excluding hydrogens is 1460 g/mol. The van der Waals surface area contributed by atoms with Gasteiger partial charge in [0, 0.05) is 123 Å². The zero-order valence-electron chi connectivity index (χ0n) is 53.1. The Hall–Kier alpha value is -12.4. The molecule has 0 saturated carbocycles. The van der Waals surface area contributed by atoms with Crippen LogP contribution in [0.25, 0.3) is 163 Å². The molecule has 0 fully saturated rings. The van der Waals surface area contributed by atoms with Gasteiger partial charge in [-0.3, -0.25) is 39.9 Å². The van der Waals surface area contributed by atoms with Crippen LogP contribution in [0.4, 0.5) is 0 Å². The van der Waals surface area contributed by atoms with Crippen LogP contribution in [-0.4, -0.2) is 121 Å². The first-order valence-electron chi connectivity index (χ1n) is 31.1. The Labute approximate surface area is 615 Å². The largest absolute Gasteiger partial charge is 0.264 e. The lowest BCUT2D eigenvalue weighted by Crippen LogP contribution is -1.78. The highest BCUT2D eigenvalue weighted by Gasteiger charge is 2.12. The fraction of sp³-hybridized carbons (Fsp3) is 0. The predicted molar refractivity (Wildman–Crippen MR) is 422 cm³/mol. The fourth-order valence-electron chi connectivity index (χ4n) is 10.8. The van der Waals surface area contributed by atoms with E-state index in [1.807, 2.05) is 97.6 Å². The van der Waals surface area contributed by atoms with Gasteiger partial charge in [-0.15, -0.1) is 106 Å². The molecule has 24 heterocycles. The average molecular weight is 1500 g/mol. The third kappa shape index (κ3) is 13.6. The summed E-state index contributed by atoms with van der Waals surface area (Å²) in [6, 6.07) is 33.8. The zero-order chi connectivity index (χ0) is 69.4. The zero-order valence-corrected chi connectivity index (χ0v) is 59.6. The second-order valence-corrected chi connectivity index (χ2v) is 30.1. The molecule has 0 unspecified atom stereocenters. The van der Waals surface area contributed by atoms with Crippen molar-refractivity contribution in [1.29, 1.82) is 0 Å². The molecule has 104 heavy (non-hydrogen) atoms. The van der Waals surface area contributed by atoms with Crippen LogP contribution in [-0.2, 0) is 0 Å². The molecule has 0 atom stereocenters. The van der Waals surface area contributed by atoms with Gasteiger partial charge in [0.25, 0.3) is 0 Å². The number of rotatable bonds is 0. The van der Waals surface area contributed by atoms with E-state index in [1.54, 1.807) is 209 Å². The Morgan fingerprint density at radius 1 is 0.173 bits per heavy atom. The number of pyridine rings is 8. The second kappa shape index (κ2) is 30.0. The normalized spacial score (nSPS) is 11.1. The highest BCUT2D eigenvalue weighted by atomic mass is 32.1. The van der Waals surface area contributed by atoms with Gasteiger partial charge in [-0.1, -0.05) is 0 Å². The van der Waals surface area contributed by atoms with E-state index in [-0.39, 0.29) is 0 Å². The first-order chi connectivity index (χ1) is 51.6. The van der Waals surface area contributed by atoms with Crippen molar-refractivity contribution >= 4 is 254 Å². The van der Waals surface area contributed by atoms with Gasteiger partial charge in [0.2, 0.25) is 0 Å². The highest BCUT2D eigenvalue weighted by Crippen LogP contribution is 2.36. The monoisotopic (exact) mass is 1500 g/mol. The molecule has 0 N–H and O–H groups in total. The summed E-state index contributed by atoms with van der Waals surface area (Å²) in [5.41, 5.74) is 9.66. The van der Waals surface area contributed by atoms with Crippen molar-refractivity contribution in [3.05, 3.63) is 246 Å². The minimum Gasteiger partial charge on any atom is -0.264 e. The summed E-state index contributed by atoms with van der Waals surface area (Å²) in [7, 11) is 0. The van der Waals surface area contributed by atoms with Crippen molar-refractivity contribution < 1.29 is 0 Å². The molecule has 0 saturated heterocycles. The number of hydrogen-bond donors (Lipinski definition) is 0. The third-order valence-electron chi connectivity index (χ3n) is 15.4. The van der Waals surface area contributed by atoms with Crippen LogP contribution in [0, 0.1) is 0 Å². The van der Waals surface area contributed by atoms with Crippen LogP contribution in [0.15, 0.2) is 246 Å². The Morgan fingerprint density at radius 3 is 1.28 bits per heavy atom. The standard InChI is InChI=1S/8C9H5N3S/c1-3-10-5-6-7(1)13-8-2-4-11-12-9(6)8;1-2-10-3-6-7-4-11-12-5-9(7)13-8(1)6;1-2-7-8(10-4-1)6-3-5-11-12-9(6)13-7;1-2-6-8(10-4-1)9-7(13-6)3-5-11-12-9;1-2-7-8(11-3-1)6-4-10-5-12-9(6)13-7;1-2-7-9(10-3-1)6-4-11-12-5-8(6)13-7;1-2-6-8(11-3-1)9-7(13-6)4-10-5-12-9;1-2-6-7(10-3-1)8-9(13-6)12-5-4-11-8/h8*1-5H. The first kappa shape index (κ1) is 64.9. The number of hydrogen-bond acceptors (Lipinski definition) is 32. The van der Waals surface area contributed by atoms with E-state index in [2.05, 4.69) is 151 Å². The number of fused-ring (bicyclic) bond motifs is 24. The first-order valence-corrected chi connectivity index (χ1v) is 37.6. The Morgan fingerprint density at radius 2 is 0.567 bits per heavy atom. The van der Waals surface area contributed by atoms with Crippen LogP contribution in [0.1, 0.15) is 0 Å².